The van der Waals surface area contributed by atoms with Gasteiger partial charge in [0.2, 0.25) is 5.91 Å². The average Bonchev–Trinajstić information content (AvgIpc) is 2.53. The lowest BCUT2D eigenvalue weighted by molar-refractivity contribution is -0.124. The number of amides is 2. The van der Waals surface area contributed by atoms with Gasteiger partial charge in [-0.3, -0.25) is 9.59 Å². The van der Waals surface area contributed by atoms with Crippen molar-refractivity contribution in [1.82, 2.24) is 10.6 Å². The Bertz CT molecular complexity index is 505. The molecule has 0 fully saturated rings. The van der Waals surface area contributed by atoms with Crippen LogP contribution in [0.1, 0.15) is 56.5 Å². The molecule has 0 heterocycles. The molecule has 1 aromatic rings. The van der Waals surface area contributed by atoms with Crippen molar-refractivity contribution < 1.29 is 9.59 Å². The summed E-state index contributed by atoms with van der Waals surface area (Å²) < 4.78 is 0. The van der Waals surface area contributed by atoms with E-state index in [1.165, 1.54) is 0 Å². The fourth-order valence-electron chi connectivity index (χ4n) is 2.40. The molecule has 0 spiro atoms. The fraction of sp³-hybridized carbons (Fsp3) is 0.579. The summed E-state index contributed by atoms with van der Waals surface area (Å²) in [5.74, 6) is 0.208. The van der Waals surface area contributed by atoms with Gasteiger partial charge >= 0.3 is 0 Å². The summed E-state index contributed by atoms with van der Waals surface area (Å²) in [5.41, 5.74) is 1.68. The molecule has 1 rings (SSSR count). The SMILES string of the molecule is CCC(CC)CNC(=O)C(NC(=O)c1ccc(C)cc1)C(C)C. The van der Waals surface area contributed by atoms with Gasteiger partial charge in [0.15, 0.2) is 0 Å². The van der Waals surface area contributed by atoms with Gasteiger partial charge in [-0.1, -0.05) is 58.2 Å². The van der Waals surface area contributed by atoms with Crippen LogP contribution in [0.25, 0.3) is 0 Å². The first-order valence-corrected chi connectivity index (χ1v) is 8.54. The minimum atomic E-state index is -0.516. The highest BCUT2D eigenvalue weighted by Gasteiger charge is 2.24. The van der Waals surface area contributed by atoms with Gasteiger partial charge in [0, 0.05) is 12.1 Å². The Morgan fingerprint density at radius 3 is 2.09 bits per heavy atom. The zero-order chi connectivity index (χ0) is 17.4. The zero-order valence-corrected chi connectivity index (χ0v) is 15.0. The molecule has 0 aliphatic rings. The Labute approximate surface area is 140 Å². The maximum Gasteiger partial charge on any atom is 0.251 e. The lowest BCUT2D eigenvalue weighted by atomic mass is 10.0. The second-order valence-corrected chi connectivity index (χ2v) is 6.49. The molecule has 4 heteroatoms. The molecule has 0 aliphatic carbocycles. The van der Waals surface area contributed by atoms with Crippen molar-refractivity contribution in [2.45, 2.75) is 53.5 Å². The van der Waals surface area contributed by atoms with E-state index in [9.17, 15) is 9.59 Å². The highest BCUT2D eigenvalue weighted by molar-refractivity contribution is 5.97. The first-order valence-electron chi connectivity index (χ1n) is 8.54. The molecule has 0 radical (unpaired) electrons. The molecule has 23 heavy (non-hydrogen) atoms. The second-order valence-electron chi connectivity index (χ2n) is 6.49. The molecule has 0 saturated heterocycles. The standard InChI is InChI=1S/C19H30N2O2/c1-6-15(7-2)12-20-19(23)17(13(3)4)21-18(22)16-10-8-14(5)9-11-16/h8-11,13,15,17H,6-7,12H2,1-5H3,(H,20,23)(H,21,22). The van der Waals surface area contributed by atoms with Crippen LogP contribution in [0.5, 0.6) is 0 Å². The summed E-state index contributed by atoms with van der Waals surface area (Å²) in [6.07, 6.45) is 2.08. The summed E-state index contributed by atoms with van der Waals surface area (Å²) >= 11 is 0. The summed E-state index contributed by atoms with van der Waals surface area (Å²) in [5, 5.41) is 5.84. The van der Waals surface area contributed by atoms with Crippen LogP contribution >= 0.6 is 0 Å². The summed E-state index contributed by atoms with van der Waals surface area (Å²) in [6.45, 7) is 10.8. The highest BCUT2D eigenvalue weighted by Crippen LogP contribution is 2.09. The van der Waals surface area contributed by atoms with Crippen LogP contribution in [0, 0.1) is 18.8 Å². The third-order valence-electron chi connectivity index (χ3n) is 4.27. The molecule has 0 aliphatic heterocycles. The maximum atomic E-state index is 12.4. The number of nitrogens with one attached hydrogen (secondary N) is 2. The summed E-state index contributed by atoms with van der Waals surface area (Å²) in [6, 6.07) is 6.84. The summed E-state index contributed by atoms with van der Waals surface area (Å²) in [7, 11) is 0. The zero-order valence-electron chi connectivity index (χ0n) is 15.0. The Kier molecular flexibility index (Phi) is 7.79. The van der Waals surface area contributed by atoms with Crippen LogP contribution in [0.4, 0.5) is 0 Å². The van der Waals surface area contributed by atoms with Crippen molar-refractivity contribution in [3.63, 3.8) is 0 Å². The van der Waals surface area contributed by atoms with Gasteiger partial charge in [-0.2, -0.15) is 0 Å². The van der Waals surface area contributed by atoms with Crippen molar-refractivity contribution in [1.29, 1.82) is 0 Å². The number of carbonyl (C=O) groups excluding carboxylic acids is 2. The smallest absolute Gasteiger partial charge is 0.251 e. The lowest BCUT2D eigenvalue weighted by Gasteiger charge is -2.23. The van der Waals surface area contributed by atoms with Crippen LogP contribution in [-0.2, 0) is 4.79 Å². The molecule has 0 saturated carbocycles. The third-order valence-corrected chi connectivity index (χ3v) is 4.27. The molecule has 2 amide bonds. The highest BCUT2D eigenvalue weighted by atomic mass is 16.2. The number of aryl methyl sites for hydroxylation is 1. The van der Waals surface area contributed by atoms with E-state index in [0.717, 1.165) is 18.4 Å². The first-order chi connectivity index (χ1) is 10.9. The normalized spacial score (nSPS) is 12.3. The van der Waals surface area contributed by atoms with Gasteiger partial charge < -0.3 is 10.6 Å². The Hall–Kier alpha value is -1.84. The van der Waals surface area contributed by atoms with E-state index >= 15 is 0 Å². The van der Waals surface area contributed by atoms with Gasteiger partial charge in [0.05, 0.1) is 0 Å². The second kappa shape index (κ2) is 9.33. The van der Waals surface area contributed by atoms with E-state index in [-0.39, 0.29) is 17.7 Å². The van der Waals surface area contributed by atoms with Crippen LogP contribution in [-0.4, -0.2) is 24.4 Å². The summed E-state index contributed by atoms with van der Waals surface area (Å²) in [4.78, 5) is 24.8. The maximum absolute atomic E-state index is 12.4. The molecule has 0 aromatic heterocycles. The molecule has 0 bridgehead atoms. The van der Waals surface area contributed by atoms with Crippen LogP contribution < -0.4 is 10.6 Å². The molecular formula is C19H30N2O2. The number of carbonyl (C=O) groups is 2. The average molecular weight is 318 g/mol. The fourth-order valence-corrected chi connectivity index (χ4v) is 2.40. The van der Waals surface area contributed by atoms with Gasteiger partial charge in [0.25, 0.3) is 5.91 Å². The number of benzene rings is 1. The predicted octanol–water partition coefficient (Wildman–Crippen LogP) is 3.30. The minimum absolute atomic E-state index is 0.0334. The van der Waals surface area contributed by atoms with Gasteiger partial charge in [0.1, 0.15) is 6.04 Å². The molecule has 1 unspecified atom stereocenters. The van der Waals surface area contributed by atoms with E-state index in [2.05, 4.69) is 24.5 Å². The molecule has 2 N–H and O–H groups in total. The predicted molar refractivity (Wildman–Crippen MR) is 94.4 cm³/mol. The number of rotatable bonds is 8. The van der Waals surface area contributed by atoms with Crippen molar-refractivity contribution in [2.24, 2.45) is 11.8 Å². The van der Waals surface area contributed by atoms with Gasteiger partial charge in [-0.15, -0.1) is 0 Å². The molecule has 4 nitrogen and oxygen atoms in total. The van der Waals surface area contributed by atoms with E-state index in [1.54, 1.807) is 12.1 Å². The quantitative estimate of drug-likeness (QED) is 0.772. The van der Waals surface area contributed by atoms with E-state index in [4.69, 9.17) is 0 Å². The van der Waals surface area contributed by atoms with Crippen molar-refractivity contribution in [2.75, 3.05) is 6.54 Å². The van der Waals surface area contributed by atoms with Crippen LogP contribution in [0.3, 0.4) is 0 Å². The van der Waals surface area contributed by atoms with Crippen LogP contribution in [0.2, 0.25) is 0 Å². The third kappa shape index (κ3) is 6.05. The monoisotopic (exact) mass is 318 g/mol. The van der Waals surface area contributed by atoms with Crippen molar-refractivity contribution >= 4 is 11.8 Å². The number of hydrogen-bond acceptors (Lipinski definition) is 2. The Morgan fingerprint density at radius 1 is 1.04 bits per heavy atom. The van der Waals surface area contributed by atoms with E-state index in [1.807, 2.05) is 32.9 Å². The van der Waals surface area contributed by atoms with Crippen molar-refractivity contribution in [3.05, 3.63) is 35.4 Å². The minimum Gasteiger partial charge on any atom is -0.354 e. The van der Waals surface area contributed by atoms with Crippen LogP contribution in [0.15, 0.2) is 24.3 Å². The van der Waals surface area contributed by atoms with Gasteiger partial charge in [-0.25, -0.2) is 0 Å². The van der Waals surface area contributed by atoms with E-state index < -0.39 is 6.04 Å². The number of hydrogen-bond donors (Lipinski definition) is 2. The molecular weight excluding hydrogens is 288 g/mol. The lowest BCUT2D eigenvalue weighted by Crippen LogP contribution is -2.50. The van der Waals surface area contributed by atoms with Gasteiger partial charge in [-0.05, 0) is 30.9 Å². The Morgan fingerprint density at radius 2 is 1.61 bits per heavy atom. The van der Waals surface area contributed by atoms with Crippen molar-refractivity contribution in [3.8, 4) is 0 Å². The molecule has 128 valence electrons. The Balaban J connectivity index is 2.68. The first kappa shape index (κ1) is 19.2. The largest absolute Gasteiger partial charge is 0.354 e. The van der Waals surface area contributed by atoms with E-state index in [0.29, 0.717) is 18.0 Å². The molecule has 1 aromatic carbocycles. The topological polar surface area (TPSA) is 58.2 Å². The molecule has 1 atom stereocenters.